The lowest BCUT2D eigenvalue weighted by Gasteiger charge is -2.33. The van der Waals surface area contributed by atoms with Crippen LogP contribution in [0.1, 0.15) is 43.6 Å². The number of piperidine rings is 1. The normalized spacial score (nSPS) is 16.1. The zero-order valence-electron chi connectivity index (χ0n) is 18.7. The second-order valence-corrected chi connectivity index (χ2v) is 7.55. The number of guanidine groups is 1. The summed E-state index contributed by atoms with van der Waals surface area (Å²) in [7, 11) is 1.65. The maximum absolute atomic E-state index is 5.75. The fourth-order valence-electron chi connectivity index (χ4n) is 3.65. The van der Waals surface area contributed by atoms with Gasteiger partial charge >= 0.3 is 0 Å². The summed E-state index contributed by atoms with van der Waals surface area (Å²) in [4.78, 5) is 11.6. The van der Waals surface area contributed by atoms with Crippen LogP contribution in [0.3, 0.4) is 0 Å². The molecule has 0 spiro atoms. The number of furan rings is 1. The molecular formula is C23H35N5O3. The highest BCUT2D eigenvalue weighted by atomic mass is 16.5. The molecule has 1 saturated heterocycles. The Kier molecular flexibility index (Phi) is 9.66. The van der Waals surface area contributed by atoms with Crippen molar-refractivity contribution in [1.29, 1.82) is 0 Å². The van der Waals surface area contributed by atoms with Crippen LogP contribution < -0.4 is 15.4 Å². The quantitative estimate of drug-likeness (QED) is 0.323. The van der Waals surface area contributed by atoms with Gasteiger partial charge in [-0.3, -0.25) is 4.90 Å². The predicted molar refractivity (Wildman–Crippen MR) is 121 cm³/mol. The maximum atomic E-state index is 5.75. The van der Waals surface area contributed by atoms with Crippen LogP contribution in [0.15, 0.2) is 46.1 Å². The van der Waals surface area contributed by atoms with E-state index in [-0.39, 0.29) is 6.04 Å². The molecule has 8 heteroatoms. The van der Waals surface area contributed by atoms with Crippen molar-refractivity contribution in [3.8, 4) is 5.88 Å². The second-order valence-electron chi connectivity index (χ2n) is 7.55. The molecule has 170 valence electrons. The average molecular weight is 430 g/mol. The Bertz CT molecular complexity index is 758. The lowest BCUT2D eigenvalue weighted by Crippen LogP contribution is -2.44. The Morgan fingerprint density at radius 3 is 2.74 bits per heavy atom. The lowest BCUT2D eigenvalue weighted by atomic mass is 10.1. The van der Waals surface area contributed by atoms with Crippen molar-refractivity contribution in [3.05, 3.63) is 48.0 Å². The van der Waals surface area contributed by atoms with Crippen molar-refractivity contribution in [3.63, 3.8) is 0 Å². The third-order valence-electron chi connectivity index (χ3n) is 5.26. The van der Waals surface area contributed by atoms with E-state index in [1.807, 2.05) is 18.2 Å². The fraction of sp³-hybridized carbons (Fsp3) is 0.565. The number of hydrogen-bond acceptors (Lipinski definition) is 6. The third kappa shape index (κ3) is 7.56. The zero-order chi connectivity index (χ0) is 21.7. The molecule has 1 aliphatic heterocycles. The molecule has 0 aromatic carbocycles. The Labute approximate surface area is 185 Å². The number of nitrogens with one attached hydrogen (secondary N) is 2. The number of nitrogens with zero attached hydrogens (tertiary/aromatic N) is 3. The highest BCUT2D eigenvalue weighted by Gasteiger charge is 2.24. The predicted octanol–water partition coefficient (Wildman–Crippen LogP) is 2.98. The molecule has 2 aromatic rings. The van der Waals surface area contributed by atoms with E-state index >= 15 is 0 Å². The molecule has 3 rings (SSSR count). The summed E-state index contributed by atoms with van der Waals surface area (Å²) < 4.78 is 16.2. The molecule has 1 fully saturated rings. The number of rotatable bonds is 11. The largest absolute Gasteiger partial charge is 0.475 e. The van der Waals surface area contributed by atoms with E-state index in [4.69, 9.17) is 18.9 Å². The van der Waals surface area contributed by atoms with Crippen LogP contribution in [0.4, 0.5) is 0 Å². The van der Waals surface area contributed by atoms with Gasteiger partial charge in [0, 0.05) is 32.5 Å². The van der Waals surface area contributed by atoms with Crippen LogP contribution in [0, 0.1) is 0 Å². The van der Waals surface area contributed by atoms with E-state index in [0.29, 0.717) is 25.6 Å². The molecule has 0 aliphatic carbocycles. The average Bonchev–Trinajstić information content (AvgIpc) is 3.34. The summed E-state index contributed by atoms with van der Waals surface area (Å²) in [6.45, 7) is 7.38. The van der Waals surface area contributed by atoms with Crippen molar-refractivity contribution in [1.82, 2.24) is 20.5 Å². The molecule has 0 saturated carbocycles. The SMILES string of the molecule is CCNC(=NCc1ccc(OCCOC)nc1)NCC(c1ccco1)N1CCCCC1. The van der Waals surface area contributed by atoms with Crippen LogP contribution in [0.5, 0.6) is 5.88 Å². The fourth-order valence-corrected chi connectivity index (χ4v) is 3.65. The van der Waals surface area contributed by atoms with E-state index in [9.17, 15) is 0 Å². The molecule has 8 nitrogen and oxygen atoms in total. The highest BCUT2D eigenvalue weighted by Crippen LogP contribution is 2.24. The number of ether oxygens (including phenoxy) is 2. The van der Waals surface area contributed by atoms with Gasteiger partial charge in [0.15, 0.2) is 5.96 Å². The molecular weight excluding hydrogens is 394 g/mol. The van der Waals surface area contributed by atoms with Gasteiger partial charge in [-0.25, -0.2) is 9.98 Å². The van der Waals surface area contributed by atoms with Gasteiger partial charge in [0.25, 0.3) is 0 Å². The van der Waals surface area contributed by atoms with E-state index < -0.39 is 0 Å². The van der Waals surface area contributed by atoms with E-state index in [1.54, 1.807) is 19.6 Å². The number of aliphatic imine (C=N–C) groups is 1. The first-order valence-corrected chi connectivity index (χ1v) is 11.2. The maximum Gasteiger partial charge on any atom is 0.213 e. The summed E-state index contributed by atoms with van der Waals surface area (Å²) >= 11 is 0. The van der Waals surface area contributed by atoms with Crippen LogP contribution in [-0.4, -0.2) is 62.3 Å². The van der Waals surface area contributed by atoms with Crippen LogP contribution >= 0.6 is 0 Å². The van der Waals surface area contributed by atoms with E-state index in [0.717, 1.165) is 43.5 Å². The van der Waals surface area contributed by atoms with Gasteiger partial charge in [0.2, 0.25) is 5.88 Å². The van der Waals surface area contributed by atoms with Gasteiger partial charge in [-0.15, -0.1) is 0 Å². The van der Waals surface area contributed by atoms with Gasteiger partial charge < -0.3 is 24.5 Å². The summed E-state index contributed by atoms with van der Waals surface area (Å²) in [6, 6.07) is 8.07. The molecule has 1 aliphatic rings. The molecule has 2 N–H and O–H groups in total. The smallest absolute Gasteiger partial charge is 0.213 e. The molecule has 1 unspecified atom stereocenters. The van der Waals surface area contributed by atoms with Crippen LogP contribution in [0.2, 0.25) is 0 Å². The molecule has 2 aromatic heterocycles. The monoisotopic (exact) mass is 429 g/mol. The summed E-state index contributed by atoms with van der Waals surface area (Å²) in [5.74, 6) is 2.38. The number of methoxy groups -OCH3 is 1. The standard InChI is InChI=1S/C23H35N5O3/c1-3-24-23(26-17-19-9-10-22(25-16-19)31-15-14-29-2)27-18-20(21-8-7-13-30-21)28-11-5-4-6-12-28/h7-10,13,16,20H,3-6,11-12,14-15,17-18H2,1-2H3,(H2,24,26,27). The Morgan fingerprint density at radius 1 is 1.19 bits per heavy atom. The summed E-state index contributed by atoms with van der Waals surface area (Å²) in [6.07, 6.45) is 7.34. The zero-order valence-corrected chi connectivity index (χ0v) is 18.7. The van der Waals surface area contributed by atoms with Gasteiger partial charge in [-0.1, -0.05) is 12.5 Å². The molecule has 0 radical (unpaired) electrons. The molecule has 31 heavy (non-hydrogen) atoms. The lowest BCUT2D eigenvalue weighted by molar-refractivity contribution is 0.143. The van der Waals surface area contributed by atoms with Crippen molar-refractivity contribution in [2.24, 2.45) is 4.99 Å². The highest BCUT2D eigenvalue weighted by molar-refractivity contribution is 5.79. The van der Waals surface area contributed by atoms with E-state index in [1.165, 1.54) is 19.3 Å². The summed E-state index contributed by atoms with van der Waals surface area (Å²) in [5.41, 5.74) is 1.02. The van der Waals surface area contributed by atoms with Crippen molar-refractivity contribution in [2.45, 2.75) is 38.8 Å². The minimum absolute atomic E-state index is 0.198. The molecule has 0 amide bonds. The second kappa shape index (κ2) is 13.0. The van der Waals surface area contributed by atoms with E-state index in [2.05, 4.69) is 33.5 Å². The minimum atomic E-state index is 0.198. The minimum Gasteiger partial charge on any atom is -0.475 e. The van der Waals surface area contributed by atoms with Gasteiger partial charge in [-0.2, -0.15) is 0 Å². The molecule has 3 heterocycles. The first-order valence-electron chi connectivity index (χ1n) is 11.2. The Hall–Kier alpha value is -2.58. The van der Waals surface area contributed by atoms with Gasteiger partial charge in [-0.05, 0) is 50.6 Å². The number of pyridine rings is 1. The first kappa shape index (κ1) is 23.1. The van der Waals surface area contributed by atoms with Crippen LogP contribution in [0.25, 0.3) is 0 Å². The third-order valence-corrected chi connectivity index (χ3v) is 5.26. The van der Waals surface area contributed by atoms with Crippen LogP contribution in [-0.2, 0) is 11.3 Å². The van der Waals surface area contributed by atoms with Crippen molar-refractivity contribution >= 4 is 5.96 Å². The number of likely N-dealkylation sites (tertiary alicyclic amines) is 1. The molecule has 1 atom stereocenters. The summed E-state index contributed by atoms with van der Waals surface area (Å²) in [5, 5.41) is 6.83. The Balaban J connectivity index is 1.58. The topological polar surface area (TPSA) is 84.2 Å². The number of aromatic nitrogens is 1. The molecule has 0 bridgehead atoms. The Morgan fingerprint density at radius 2 is 2.06 bits per heavy atom. The van der Waals surface area contributed by atoms with Gasteiger partial charge in [0.1, 0.15) is 12.4 Å². The van der Waals surface area contributed by atoms with Gasteiger partial charge in [0.05, 0.1) is 25.5 Å². The van der Waals surface area contributed by atoms with Crippen molar-refractivity contribution < 1.29 is 13.9 Å². The number of hydrogen-bond donors (Lipinski definition) is 2. The van der Waals surface area contributed by atoms with Crippen molar-refractivity contribution in [2.75, 3.05) is 46.5 Å². The first-order chi connectivity index (χ1) is 15.3.